The molecule has 2 N–H and O–H groups in total. The number of hydrogen-bond acceptors (Lipinski definition) is 6. The summed E-state index contributed by atoms with van der Waals surface area (Å²) in [4.78, 5) is 16.9. The molecule has 2 unspecified atom stereocenters. The van der Waals surface area contributed by atoms with Crippen molar-refractivity contribution in [3.63, 3.8) is 0 Å². The second-order valence-corrected chi connectivity index (χ2v) is 10.00. The number of aromatic nitrogens is 3. The molecule has 2 atom stereocenters. The van der Waals surface area contributed by atoms with E-state index in [1.807, 2.05) is 6.92 Å². The fraction of sp³-hybridized carbons (Fsp3) is 0.409. The summed E-state index contributed by atoms with van der Waals surface area (Å²) in [5.74, 6) is -0.253. The molecule has 31 heavy (non-hydrogen) atoms. The maximum Gasteiger partial charge on any atom is 0.253 e. The number of benzene rings is 1. The van der Waals surface area contributed by atoms with Crippen molar-refractivity contribution in [3.8, 4) is 0 Å². The van der Waals surface area contributed by atoms with Crippen molar-refractivity contribution in [1.29, 1.82) is 0 Å². The van der Waals surface area contributed by atoms with Gasteiger partial charge < -0.3 is 10.1 Å². The van der Waals surface area contributed by atoms with Crippen LogP contribution in [0.4, 0.5) is 0 Å². The molecule has 2 heterocycles. The summed E-state index contributed by atoms with van der Waals surface area (Å²) in [6, 6.07) is 8.46. The Balaban J connectivity index is 1.38. The quantitative estimate of drug-likeness (QED) is 0.581. The van der Waals surface area contributed by atoms with Crippen LogP contribution in [0, 0.1) is 0 Å². The number of H-pyrrole nitrogens is 1. The normalized spacial score (nSPS) is 19.4. The first-order valence-electron chi connectivity index (χ1n) is 10.5. The van der Waals surface area contributed by atoms with Crippen molar-refractivity contribution in [2.45, 2.75) is 55.4 Å². The van der Waals surface area contributed by atoms with Crippen molar-refractivity contribution >= 4 is 26.8 Å². The van der Waals surface area contributed by atoms with Gasteiger partial charge in [-0.1, -0.05) is 12.1 Å². The summed E-state index contributed by atoms with van der Waals surface area (Å²) in [7, 11) is -3.40. The Labute approximate surface area is 181 Å². The standard InChI is InChI=1S/C22H26N4O4S/c1-2-30-18-4-3-5-20(11-18)31(28,29)19-8-6-15(7-9-19)12-24-22(27)17-10-16-14-25-26-21(16)23-13-17/h6-10,13-14,18,20H,2-5,11-12H2,1H3,(H,24,27)(H,23,25,26). The van der Waals surface area contributed by atoms with Crippen molar-refractivity contribution in [3.05, 3.63) is 53.9 Å². The fourth-order valence-electron chi connectivity index (χ4n) is 4.01. The van der Waals surface area contributed by atoms with Crippen molar-refractivity contribution in [2.75, 3.05) is 6.61 Å². The summed E-state index contributed by atoms with van der Waals surface area (Å²) in [6.45, 7) is 2.82. The zero-order chi connectivity index (χ0) is 21.8. The molecule has 0 bridgehead atoms. The van der Waals surface area contributed by atoms with Crippen molar-refractivity contribution < 1.29 is 17.9 Å². The van der Waals surface area contributed by atoms with Crippen LogP contribution in [0.25, 0.3) is 11.0 Å². The molecule has 1 amide bonds. The summed E-state index contributed by atoms with van der Waals surface area (Å²) >= 11 is 0. The lowest BCUT2D eigenvalue weighted by Gasteiger charge is -2.28. The third kappa shape index (κ3) is 4.77. The van der Waals surface area contributed by atoms with Gasteiger partial charge in [0.1, 0.15) is 0 Å². The van der Waals surface area contributed by atoms with Gasteiger partial charge >= 0.3 is 0 Å². The molecule has 1 saturated carbocycles. The van der Waals surface area contributed by atoms with Gasteiger partial charge in [0.15, 0.2) is 15.5 Å². The smallest absolute Gasteiger partial charge is 0.253 e. The Morgan fingerprint density at radius 1 is 1.23 bits per heavy atom. The minimum atomic E-state index is -3.40. The number of nitrogens with zero attached hydrogens (tertiary/aromatic N) is 2. The van der Waals surface area contributed by atoms with E-state index in [1.165, 1.54) is 6.20 Å². The van der Waals surface area contributed by atoms with Crippen LogP contribution in [-0.2, 0) is 21.1 Å². The molecule has 2 aromatic heterocycles. The number of rotatable bonds is 7. The van der Waals surface area contributed by atoms with Gasteiger partial charge in [-0.05, 0) is 56.4 Å². The maximum atomic E-state index is 13.0. The molecule has 1 fully saturated rings. The molecule has 4 rings (SSSR count). The van der Waals surface area contributed by atoms with Crippen LogP contribution in [0.2, 0.25) is 0 Å². The molecule has 8 nitrogen and oxygen atoms in total. The van der Waals surface area contributed by atoms with Crippen molar-refractivity contribution in [2.24, 2.45) is 0 Å². The monoisotopic (exact) mass is 442 g/mol. The molecule has 9 heteroatoms. The average molecular weight is 443 g/mol. The molecule has 0 spiro atoms. The number of ether oxygens (including phenoxy) is 1. The minimum absolute atomic E-state index is 0.0174. The van der Waals surface area contributed by atoms with E-state index >= 15 is 0 Å². The van der Waals surface area contributed by atoms with E-state index in [2.05, 4.69) is 20.5 Å². The maximum absolute atomic E-state index is 13.0. The van der Waals surface area contributed by atoms with E-state index < -0.39 is 15.1 Å². The summed E-state index contributed by atoms with van der Waals surface area (Å²) in [5, 5.41) is 9.83. The number of fused-ring (bicyclic) bond motifs is 1. The molecular formula is C22H26N4O4S. The third-order valence-electron chi connectivity index (χ3n) is 5.68. The number of carbonyl (C=O) groups is 1. The average Bonchev–Trinajstić information content (AvgIpc) is 3.26. The Morgan fingerprint density at radius 3 is 2.81 bits per heavy atom. The van der Waals surface area contributed by atoms with Crippen LogP contribution in [0.15, 0.2) is 47.6 Å². The second-order valence-electron chi connectivity index (χ2n) is 7.77. The Bertz CT molecular complexity index is 1160. The number of aromatic amines is 1. The number of pyridine rings is 1. The number of nitrogens with one attached hydrogen (secondary N) is 2. The highest BCUT2D eigenvalue weighted by molar-refractivity contribution is 7.92. The van der Waals surface area contributed by atoms with Crippen LogP contribution >= 0.6 is 0 Å². The first kappa shape index (κ1) is 21.5. The SMILES string of the molecule is CCOC1CCCC(S(=O)(=O)c2ccc(CNC(=O)c3cnc4[nH]ncc4c3)cc2)C1. The van der Waals surface area contributed by atoms with Crippen LogP contribution in [0.3, 0.4) is 0 Å². The van der Waals surface area contributed by atoms with Gasteiger partial charge in [-0.3, -0.25) is 9.89 Å². The summed E-state index contributed by atoms with van der Waals surface area (Å²) in [5.41, 5.74) is 1.88. The molecular weight excluding hydrogens is 416 g/mol. The topological polar surface area (TPSA) is 114 Å². The molecule has 3 aromatic rings. The number of amides is 1. The molecule has 0 radical (unpaired) electrons. The van der Waals surface area contributed by atoms with Crippen LogP contribution in [-0.4, -0.2) is 47.5 Å². The predicted octanol–water partition coefficient (Wildman–Crippen LogP) is 3.01. The van der Waals surface area contributed by atoms with Crippen LogP contribution in [0.1, 0.15) is 48.5 Å². The first-order chi connectivity index (χ1) is 15.0. The third-order valence-corrected chi connectivity index (χ3v) is 7.91. The van der Waals surface area contributed by atoms with Gasteiger partial charge in [0.2, 0.25) is 0 Å². The highest BCUT2D eigenvalue weighted by Crippen LogP contribution is 2.30. The lowest BCUT2D eigenvalue weighted by atomic mass is 9.97. The Hall–Kier alpha value is -2.78. The van der Waals surface area contributed by atoms with Gasteiger partial charge in [-0.25, -0.2) is 13.4 Å². The van der Waals surface area contributed by atoms with E-state index in [-0.39, 0.29) is 12.0 Å². The number of carbonyl (C=O) groups excluding carboxylic acids is 1. The summed E-state index contributed by atoms with van der Waals surface area (Å²) < 4.78 is 31.7. The highest BCUT2D eigenvalue weighted by atomic mass is 32.2. The second kappa shape index (κ2) is 9.15. The van der Waals surface area contributed by atoms with Gasteiger partial charge in [0.05, 0.1) is 28.0 Å². The Kier molecular flexibility index (Phi) is 6.33. The van der Waals surface area contributed by atoms with Gasteiger partial charge in [-0.15, -0.1) is 0 Å². The lowest BCUT2D eigenvalue weighted by Crippen LogP contribution is -2.32. The van der Waals surface area contributed by atoms with E-state index in [9.17, 15) is 13.2 Å². The largest absolute Gasteiger partial charge is 0.378 e. The summed E-state index contributed by atoms with van der Waals surface area (Å²) in [6.07, 6.45) is 6.11. The van der Waals surface area contributed by atoms with Gasteiger partial charge in [-0.2, -0.15) is 5.10 Å². The molecule has 0 aliphatic heterocycles. The van der Waals surface area contributed by atoms with Crippen molar-refractivity contribution in [1.82, 2.24) is 20.5 Å². The molecule has 1 aromatic carbocycles. The molecule has 0 saturated heterocycles. The van der Waals surface area contributed by atoms with Crippen LogP contribution < -0.4 is 5.32 Å². The molecule has 164 valence electrons. The number of sulfone groups is 1. The van der Waals surface area contributed by atoms with E-state index in [1.54, 1.807) is 36.5 Å². The van der Waals surface area contributed by atoms with E-state index in [0.29, 0.717) is 42.1 Å². The predicted molar refractivity (Wildman–Crippen MR) is 116 cm³/mol. The molecule has 1 aliphatic rings. The Morgan fingerprint density at radius 2 is 2.03 bits per heavy atom. The highest BCUT2D eigenvalue weighted by Gasteiger charge is 2.33. The first-order valence-corrected chi connectivity index (χ1v) is 12.0. The van der Waals surface area contributed by atoms with Crippen LogP contribution in [0.5, 0.6) is 0 Å². The van der Waals surface area contributed by atoms with Gasteiger partial charge in [0.25, 0.3) is 5.91 Å². The van der Waals surface area contributed by atoms with E-state index in [4.69, 9.17) is 4.74 Å². The molecule has 1 aliphatic carbocycles. The fourth-order valence-corrected chi connectivity index (χ4v) is 5.85. The van der Waals surface area contributed by atoms with Gasteiger partial charge in [0, 0.05) is 24.7 Å². The zero-order valence-corrected chi connectivity index (χ0v) is 18.2. The number of hydrogen-bond donors (Lipinski definition) is 2. The lowest BCUT2D eigenvalue weighted by molar-refractivity contribution is 0.0377. The minimum Gasteiger partial charge on any atom is -0.378 e. The zero-order valence-electron chi connectivity index (χ0n) is 17.4. The van der Waals surface area contributed by atoms with E-state index in [0.717, 1.165) is 23.8 Å².